The molecule has 0 radical (unpaired) electrons. The van der Waals surface area contributed by atoms with Crippen molar-refractivity contribution in [3.05, 3.63) is 275 Å². The van der Waals surface area contributed by atoms with E-state index < -0.39 is 0 Å². The Morgan fingerprint density at radius 3 is 1.32 bits per heavy atom. The number of hydrogen-bond acceptors (Lipinski definition) is 4. The zero-order chi connectivity index (χ0) is 65.2. The Bertz CT molecular complexity index is 3480. The molecule has 11 aromatic rings. The van der Waals surface area contributed by atoms with Crippen LogP contribution in [-0.4, -0.2) is 39.1 Å². The molecule has 6 aromatic heterocycles. The highest BCUT2D eigenvalue weighted by Crippen LogP contribution is 2.23. The van der Waals surface area contributed by atoms with Crippen LogP contribution in [-0.2, 0) is 65.1 Å². The Hall–Kier alpha value is -7.81. The summed E-state index contributed by atoms with van der Waals surface area (Å²) in [6.45, 7) is 32.9. The number of benzene rings is 5. The lowest BCUT2D eigenvalue weighted by atomic mass is 10.0. The fourth-order valence-corrected chi connectivity index (χ4v) is 10.6. The molecule has 6 heterocycles. The van der Waals surface area contributed by atoms with Gasteiger partial charge < -0.3 is 9.55 Å². The molecule has 0 spiro atoms. The summed E-state index contributed by atoms with van der Waals surface area (Å²) in [4.78, 5) is 11.5. The molecule has 0 aliphatic rings. The van der Waals surface area contributed by atoms with Gasteiger partial charge in [0.05, 0.1) is 25.5 Å². The standard InChI is InChI=1S/C14H17ClN2.C14H18N2.C13H17N.C12H15N.C10H14.2C9H13N/c1-11(2)7-13-8-16-17(10-13)9-12-3-5-14(15)6-4-12;1-12(2)8-14-9-15-16(11-14)10-13-6-4-3-5-7-13;1-10(2)8-11-9-14(3)13-7-5-4-6-12(11)13;1-9(2)7-10-8-13-12-6-4-3-5-11(10)12;1-9(2)8-10-6-4-3-5-7-10;1-8(2)7-9-3-5-10-6-4-9;1-8(2)7-9-5-3-4-6-10-9/h3-6,8,10-11H,7,9H2,1-2H3;3-7,9,11-12H,8,10H2,1-2H3;4-7,9-10H,8H2,1-3H3;3-6,8-9,13H,7H2,1-2H3;3-7,9H,8H2,1-2H3;2*3-6,8H,7H2,1-2H3. The molecule has 0 unspecified atom stereocenters. The third-order valence-corrected chi connectivity index (χ3v) is 14.5. The van der Waals surface area contributed by atoms with E-state index in [1.54, 1.807) is 0 Å². The number of H-pyrrole nitrogens is 1. The molecule has 0 saturated carbocycles. The summed E-state index contributed by atoms with van der Waals surface area (Å²) in [5.74, 6) is 5.01. The van der Waals surface area contributed by atoms with Crippen LogP contribution in [0.3, 0.4) is 0 Å². The molecule has 8 nitrogen and oxygen atoms in total. The maximum absolute atomic E-state index is 5.85. The summed E-state index contributed by atoms with van der Waals surface area (Å²) >= 11 is 5.85. The first kappa shape index (κ1) is 72.9. The summed E-state index contributed by atoms with van der Waals surface area (Å²) in [6, 6.07) is 56.2. The normalized spacial score (nSPS) is 10.9. The Morgan fingerprint density at radius 2 is 0.811 bits per heavy atom. The van der Waals surface area contributed by atoms with Crippen LogP contribution in [0.25, 0.3) is 21.8 Å². The van der Waals surface area contributed by atoms with Gasteiger partial charge in [-0.2, -0.15) is 10.2 Å². The second kappa shape index (κ2) is 40.0. The summed E-state index contributed by atoms with van der Waals surface area (Å²) in [5, 5.41) is 12.3. The number of hydrogen-bond donors (Lipinski definition) is 1. The number of pyridine rings is 2. The minimum Gasteiger partial charge on any atom is -0.361 e. The zero-order valence-corrected chi connectivity index (χ0v) is 58.0. The Balaban J connectivity index is 0.000000193. The van der Waals surface area contributed by atoms with Gasteiger partial charge in [-0.15, -0.1) is 0 Å². The highest BCUT2D eigenvalue weighted by Gasteiger charge is 2.09. The van der Waals surface area contributed by atoms with Gasteiger partial charge in [-0.05, 0) is 179 Å². The third kappa shape index (κ3) is 29.2. The number of nitrogens with one attached hydrogen (secondary N) is 1. The number of aryl methyl sites for hydroxylation is 1. The average Bonchev–Trinajstić information content (AvgIpc) is 1.82. The lowest BCUT2D eigenvalue weighted by molar-refractivity contribution is 0.635. The van der Waals surface area contributed by atoms with Crippen molar-refractivity contribution in [1.82, 2.24) is 39.1 Å². The molecule has 1 N–H and O–H groups in total. The molecule has 90 heavy (non-hydrogen) atoms. The number of aromatic amines is 1. The smallest absolute Gasteiger partial charge is 0.0659 e. The van der Waals surface area contributed by atoms with E-state index in [4.69, 9.17) is 11.6 Å². The predicted octanol–water partition coefficient (Wildman–Crippen LogP) is 21.1. The van der Waals surface area contributed by atoms with E-state index in [2.05, 4.69) is 280 Å². The van der Waals surface area contributed by atoms with Crippen LogP contribution in [0.5, 0.6) is 0 Å². The minimum absolute atomic E-state index is 0.670. The van der Waals surface area contributed by atoms with Crippen molar-refractivity contribution < 1.29 is 0 Å². The molecule has 11 rings (SSSR count). The monoisotopic (exact) mass is 1230 g/mol. The summed E-state index contributed by atoms with van der Waals surface area (Å²) in [7, 11) is 2.12. The predicted molar refractivity (Wildman–Crippen MR) is 386 cm³/mol. The van der Waals surface area contributed by atoms with Gasteiger partial charge in [-0.3, -0.25) is 19.3 Å². The first-order valence-corrected chi connectivity index (χ1v) is 33.3. The van der Waals surface area contributed by atoms with Crippen LogP contribution < -0.4 is 0 Å². The van der Waals surface area contributed by atoms with Gasteiger partial charge >= 0.3 is 0 Å². The summed E-state index contributed by atoms with van der Waals surface area (Å²) in [5.41, 5.74) is 14.6. The number of para-hydroxylation sites is 2. The lowest BCUT2D eigenvalue weighted by Gasteiger charge is -2.02. The van der Waals surface area contributed by atoms with Gasteiger partial charge in [0.1, 0.15) is 0 Å². The topological polar surface area (TPSA) is 82.1 Å². The fourth-order valence-electron chi connectivity index (χ4n) is 10.5. The molecule has 0 atom stereocenters. The van der Waals surface area contributed by atoms with E-state index in [0.29, 0.717) is 17.8 Å². The van der Waals surface area contributed by atoms with Gasteiger partial charge in [0.15, 0.2) is 0 Å². The van der Waals surface area contributed by atoms with Crippen molar-refractivity contribution in [2.24, 2.45) is 48.5 Å². The number of aromatic nitrogens is 8. The second-order valence-electron chi connectivity index (χ2n) is 26.7. The Labute approximate surface area is 547 Å². The lowest BCUT2D eigenvalue weighted by Crippen LogP contribution is -1.99. The number of nitrogens with zero attached hydrogens (tertiary/aromatic N) is 7. The quantitative estimate of drug-likeness (QED) is 0.0928. The van der Waals surface area contributed by atoms with Gasteiger partial charge in [-0.1, -0.05) is 224 Å². The van der Waals surface area contributed by atoms with Crippen LogP contribution in [0.15, 0.2) is 220 Å². The molecule has 0 saturated heterocycles. The number of rotatable bonds is 18. The van der Waals surface area contributed by atoms with E-state index in [-0.39, 0.29) is 0 Å². The van der Waals surface area contributed by atoms with Crippen molar-refractivity contribution in [3.8, 4) is 0 Å². The van der Waals surface area contributed by atoms with Crippen LogP contribution in [0.4, 0.5) is 0 Å². The van der Waals surface area contributed by atoms with Gasteiger partial charge in [0, 0.05) is 82.9 Å². The van der Waals surface area contributed by atoms with Crippen molar-refractivity contribution in [2.75, 3.05) is 0 Å². The zero-order valence-electron chi connectivity index (χ0n) is 57.2. The van der Waals surface area contributed by atoms with Crippen molar-refractivity contribution >= 4 is 33.4 Å². The number of fused-ring (bicyclic) bond motifs is 2. The average molecular weight is 1230 g/mol. The van der Waals surface area contributed by atoms with Crippen LogP contribution in [0.2, 0.25) is 5.02 Å². The van der Waals surface area contributed by atoms with Gasteiger partial charge in [0.2, 0.25) is 0 Å². The third-order valence-electron chi connectivity index (χ3n) is 14.2. The summed E-state index contributed by atoms with van der Waals surface area (Å²) in [6.07, 6.45) is 26.1. The molecule has 9 heteroatoms. The Kier molecular flexibility index (Phi) is 32.4. The molecule has 0 amide bonds. The molecule has 478 valence electrons. The van der Waals surface area contributed by atoms with E-state index in [9.17, 15) is 0 Å². The minimum atomic E-state index is 0.670. The maximum Gasteiger partial charge on any atom is 0.0659 e. The first-order valence-electron chi connectivity index (χ1n) is 32.9. The van der Waals surface area contributed by atoms with E-state index in [1.807, 2.05) is 82.8 Å². The van der Waals surface area contributed by atoms with Gasteiger partial charge in [-0.25, -0.2) is 0 Å². The molecule has 5 aromatic carbocycles. The van der Waals surface area contributed by atoms with Crippen LogP contribution >= 0.6 is 11.6 Å². The second-order valence-corrected chi connectivity index (χ2v) is 27.1. The molecule has 0 bridgehead atoms. The fraction of sp³-hybridized carbons (Fsp3) is 0.383. The van der Waals surface area contributed by atoms with Crippen molar-refractivity contribution in [3.63, 3.8) is 0 Å². The summed E-state index contributed by atoms with van der Waals surface area (Å²) < 4.78 is 6.20. The Morgan fingerprint density at radius 1 is 0.378 bits per heavy atom. The van der Waals surface area contributed by atoms with Crippen LogP contribution in [0.1, 0.15) is 147 Å². The van der Waals surface area contributed by atoms with Crippen LogP contribution in [0, 0.1) is 41.4 Å². The largest absolute Gasteiger partial charge is 0.361 e. The highest BCUT2D eigenvalue weighted by atomic mass is 35.5. The van der Waals surface area contributed by atoms with Gasteiger partial charge in [0.25, 0.3) is 0 Å². The maximum atomic E-state index is 5.85. The highest BCUT2D eigenvalue weighted by molar-refractivity contribution is 6.30. The molecule has 0 aliphatic heterocycles. The van der Waals surface area contributed by atoms with Crippen molar-refractivity contribution in [1.29, 1.82) is 0 Å². The van der Waals surface area contributed by atoms with E-state index >= 15 is 0 Å². The van der Waals surface area contributed by atoms with E-state index in [1.165, 1.54) is 84.8 Å². The molecule has 0 aliphatic carbocycles. The molecule has 0 fully saturated rings. The molecular formula is C81H107ClN8. The van der Waals surface area contributed by atoms with Crippen molar-refractivity contribution in [2.45, 2.75) is 155 Å². The SMILES string of the molecule is CC(C)Cc1c[nH]c2ccccc12.CC(C)Cc1ccccc1.CC(C)Cc1ccccn1.CC(C)Cc1ccncc1.CC(C)Cc1cn(C)c2ccccc12.CC(C)Cc1cnn(Cc2ccc(Cl)cc2)c1.CC(C)Cc1cnn(Cc2ccccc2)c1. The first-order chi connectivity index (χ1) is 43.2. The molecular weight excluding hydrogens is 1120 g/mol. The number of halogens is 1. The van der Waals surface area contributed by atoms with E-state index in [0.717, 1.165) is 73.9 Å².